The van der Waals surface area contributed by atoms with Crippen LogP contribution < -0.4 is 5.56 Å². The Morgan fingerprint density at radius 3 is 2.81 bits per heavy atom. The predicted octanol–water partition coefficient (Wildman–Crippen LogP) is 1.80. The summed E-state index contributed by atoms with van der Waals surface area (Å²) in [7, 11) is 0. The zero-order valence-electron chi connectivity index (χ0n) is 9.48. The van der Waals surface area contributed by atoms with Gasteiger partial charge in [-0.15, -0.1) is 0 Å². The summed E-state index contributed by atoms with van der Waals surface area (Å²) in [6.45, 7) is 2.46. The van der Waals surface area contributed by atoms with E-state index in [9.17, 15) is 9.59 Å². The van der Waals surface area contributed by atoms with E-state index in [-0.39, 0.29) is 12.0 Å². The third kappa shape index (κ3) is 3.88. The second kappa shape index (κ2) is 6.10. The monoisotopic (exact) mass is 223 g/mol. The second-order valence-corrected chi connectivity index (χ2v) is 3.89. The van der Waals surface area contributed by atoms with Gasteiger partial charge in [0.15, 0.2) is 0 Å². The molecule has 88 valence electrons. The Morgan fingerprint density at radius 1 is 1.38 bits per heavy atom. The summed E-state index contributed by atoms with van der Waals surface area (Å²) in [6.07, 6.45) is 4.34. The minimum absolute atomic E-state index is 0.0423. The number of carboxylic acids is 1. The molecule has 0 bridgehead atoms. The summed E-state index contributed by atoms with van der Waals surface area (Å²) >= 11 is 0. The van der Waals surface area contributed by atoms with E-state index in [0.29, 0.717) is 13.0 Å². The quantitative estimate of drug-likeness (QED) is 0.748. The molecule has 1 heterocycles. The second-order valence-electron chi connectivity index (χ2n) is 3.89. The fourth-order valence-corrected chi connectivity index (χ4v) is 1.57. The molecule has 0 radical (unpaired) electrons. The van der Waals surface area contributed by atoms with Gasteiger partial charge < -0.3 is 9.67 Å². The van der Waals surface area contributed by atoms with Gasteiger partial charge in [0.2, 0.25) is 0 Å². The van der Waals surface area contributed by atoms with Crippen molar-refractivity contribution in [2.75, 3.05) is 0 Å². The van der Waals surface area contributed by atoms with E-state index in [2.05, 4.69) is 0 Å². The van der Waals surface area contributed by atoms with Gasteiger partial charge in [-0.2, -0.15) is 0 Å². The molecule has 4 nitrogen and oxygen atoms in total. The van der Waals surface area contributed by atoms with Crippen LogP contribution in [-0.4, -0.2) is 15.6 Å². The molecule has 0 unspecified atom stereocenters. The highest BCUT2D eigenvalue weighted by Crippen LogP contribution is 2.01. The van der Waals surface area contributed by atoms with Gasteiger partial charge in [0, 0.05) is 24.7 Å². The third-order valence-electron chi connectivity index (χ3n) is 2.50. The van der Waals surface area contributed by atoms with Crippen LogP contribution in [0, 0.1) is 6.92 Å². The first-order valence-corrected chi connectivity index (χ1v) is 5.49. The molecule has 0 fully saturated rings. The predicted molar refractivity (Wildman–Crippen MR) is 61.5 cm³/mol. The molecule has 0 aromatic carbocycles. The van der Waals surface area contributed by atoms with Gasteiger partial charge in [-0.1, -0.05) is 12.5 Å². The van der Waals surface area contributed by atoms with Crippen LogP contribution in [0.3, 0.4) is 0 Å². The molecular weight excluding hydrogens is 206 g/mol. The lowest BCUT2D eigenvalue weighted by Gasteiger charge is -2.05. The zero-order valence-corrected chi connectivity index (χ0v) is 9.48. The maximum Gasteiger partial charge on any atom is 0.303 e. The first-order chi connectivity index (χ1) is 7.61. The molecule has 0 aliphatic rings. The van der Waals surface area contributed by atoms with Crippen molar-refractivity contribution in [3.63, 3.8) is 0 Å². The first kappa shape index (κ1) is 12.5. The third-order valence-corrected chi connectivity index (χ3v) is 2.50. The number of unbranched alkanes of at least 4 members (excludes halogenated alkanes) is 2. The summed E-state index contributed by atoms with van der Waals surface area (Å²) in [6, 6.07) is 3.65. The van der Waals surface area contributed by atoms with Crippen molar-refractivity contribution < 1.29 is 9.90 Å². The molecule has 1 rings (SSSR count). The number of hydrogen-bond acceptors (Lipinski definition) is 2. The van der Waals surface area contributed by atoms with E-state index in [1.54, 1.807) is 23.8 Å². The van der Waals surface area contributed by atoms with Gasteiger partial charge in [0.25, 0.3) is 5.56 Å². The number of hydrogen-bond donors (Lipinski definition) is 1. The Bertz CT molecular complexity index is 409. The lowest BCUT2D eigenvalue weighted by atomic mass is 10.2. The average Bonchev–Trinajstić information content (AvgIpc) is 2.23. The minimum atomic E-state index is -0.757. The topological polar surface area (TPSA) is 59.3 Å². The van der Waals surface area contributed by atoms with Gasteiger partial charge in [-0.25, -0.2) is 0 Å². The van der Waals surface area contributed by atoms with E-state index < -0.39 is 5.97 Å². The number of aliphatic carboxylic acids is 1. The van der Waals surface area contributed by atoms with Crippen LogP contribution in [0.4, 0.5) is 0 Å². The van der Waals surface area contributed by atoms with Gasteiger partial charge in [0.1, 0.15) is 0 Å². The number of aromatic nitrogens is 1. The zero-order chi connectivity index (χ0) is 12.0. The normalized spacial score (nSPS) is 10.3. The molecule has 16 heavy (non-hydrogen) atoms. The van der Waals surface area contributed by atoms with Crippen LogP contribution in [0.25, 0.3) is 0 Å². The van der Waals surface area contributed by atoms with Crippen LogP contribution >= 0.6 is 0 Å². The van der Waals surface area contributed by atoms with Gasteiger partial charge in [-0.3, -0.25) is 9.59 Å². The largest absolute Gasteiger partial charge is 0.481 e. The van der Waals surface area contributed by atoms with Crippen LogP contribution in [0.1, 0.15) is 31.2 Å². The standard InChI is InChI=1S/C12H17NO3/c1-10-6-5-9-13(12(10)16)8-4-2-3-7-11(14)15/h5-6,9H,2-4,7-8H2,1H3,(H,14,15). The molecule has 1 N–H and O–H groups in total. The summed E-state index contributed by atoms with van der Waals surface area (Å²) in [4.78, 5) is 21.9. The van der Waals surface area contributed by atoms with E-state index >= 15 is 0 Å². The number of aryl methyl sites for hydroxylation is 2. The van der Waals surface area contributed by atoms with Crippen molar-refractivity contribution >= 4 is 5.97 Å². The summed E-state index contributed by atoms with van der Waals surface area (Å²) in [5.41, 5.74) is 0.786. The Labute approximate surface area is 94.5 Å². The highest BCUT2D eigenvalue weighted by molar-refractivity contribution is 5.66. The highest BCUT2D eigenvalue weighted by Gasteiger charge is 1.99. The summed E-state index contributed by atoms with van der Waals surface area (Å²) in [5.74, 6) is -0.757. The Kier molecular flexibility index (Phi) is 4.76. The van der Waals surface area contributed by atoms with E-state index in [4.69, 9.17) is 5.11 Å². The summed E-state index contributed by atoms with van der Waals surface area (Å²) in [5, 5.41) is 8.46. The van der Waals surface area contributed by atoms with Crippen molar-refractivity contribution in [1.29, 1.82) is 0 Å². The minimum Gasteiger partial charge on any atom is -0.481 e. The molecule has 0 amide bonds. The van der Waals surface area contributed by atoms with Crippen molar-refractivity contribution in [3.05, 3.63) is 34.2 Å². The molecule has 1 aromatic rings. The van der Waals surface area contributed by atoms with E-state index in [1.807, 2.05) is 6.07 Å². The van der Waals surface area contributed by atoms with Crippen molar-refractivity contribution in [2.24, 2.45) is 0 Å². The molecule has 0 saturated carbocycles. The number of carboxylic acid groups (broad SMARTS) is 1. The molecule has 0 aliphatic carbocycles. The molecule has 0 saturated heterocycles. The highest BCUT2D eigenvalue weighted by atomic mass is 16.4. The Morgan fingerprint density at radius 2 is 2.12 bits per heavy atom. The van der Waals surface area contributed by atoms with Crippen LogP contribution in [-0.2, 0) is 11.3 Å². The molecule has 4 heteroatoms. The number of carbonyl (C=O) groups is 1. The van der Waals surface area contributed by atoms with E-state index in [0.717, 1.165) is 18.4 Å². The molecule has 1 aromatic heterocycles. The smallest absolute Gasteiger partial charge is 0.303 e. The maximum atomic E-state index is 11.6. The van der Waals surface area contributed by atoms with Gasteiger partial charge in [-0.05, 0) is 25.8 Å². The fourth-order valence-electron chi connectivity index (χ4n) is 1.57. The van der Waals surface area contributed by atoms with Crippen LogP contribution in [0.2, 0.25) is 0 Å². The Hall–Kier alpha value is -1.58. The average molecular weight is 223 g/mol. The Balaban J connectivity index is 2.35. The van der Waals surface area contributed by atoms with Crippen LogP contribution in [0.15, 0.2) is 23.1 Å². The molecule has 0 atom stereocenters. The number of rotatable bonds is 6. The van der Waals surface area contributed by atoms with Crippen molar-refractivity contribution in [1.82, 2.24) is 4.57 Å². The SMILES string of the molecule is Cc1cccn(CCCCCC(=O)O)c1=O. The number of pyridine rings is 1. The van der Waals surface area contributed by atoms with Gasteiger partial charge >= 0.3 is 5.97 Å². The van der Waals surface area contributed by atoms with Crippen molar-refractivity contribution in [2.45, 2.75) is 39.2 Å². The van der Waals surface area contributed by atoms with E-state index in [1.165, 1.54) is 0 Å². The van der Waals surface area contributed by atoms with Crippen molar-refractivity contribution in [3.8, 4) is 0 Å². The molecule has 0 spiro atoms. The fraction of sp³-hybridized carbons (Fsp3) is 0.500. The lowest BCUT2D eigenvalue weighted by molar-refractivity contribution is -0.137. The summed E-state index contributed by atoms with van der Waals surface area (Å²) < 4.78 is 1.68. The van der Waals surface area contributed by atoms with Gasteiger partial charge in [0.05, 0.1) is 0 Å². The number of nitrogens with zero attached hydrogens (tertiary/aromatic N) is 1. The molecule has 0 aliphatic heterocycles. The lowest BCUT2D eigenvalue weighted by Crippen LogP contribution is -2.21. The molecular formula is C12H17NO3. The maximum absolute atomic E-state index is 11.6. The first-order valence-electron chi connectivity index (χ1n) is 5.49. The van der Waals surface area contributed by atoms with Crippen LogP contribution in [0.5, 0.6) is 0 Å².